The Morgan fingerprint density at radius 2 is 2.00 bits per heavy atom. The van der Waals surface area contributed by atoms with Gasteiger partial charge in [-0.3, -0.25) is 0 Å². The van der Waals surface area contributed by atoms with Crippen molar-refractivity contribution in [3.8, 4) is 5.88 Å². The lowest BCUT2D eigenvalue weighted by atomic mass is 10.3. The van der Waals surface area contributed by atoms with Crippen molar-refractivity contribution in [1.82, 2.24) is 9.97 Å². The molecule has 5 nitrogen and oxygen atoms in total. The first-order valence-electron chi connectivity index (χ1n) is 5.89. The van der Waals surface area contributed by atoms with Gasteiger partial charge in [-0.25, -0.2) is 4.98 Å². The van der Waals surface area contributed by atoms with E-state index in [0.717, 1.165) is 5.69 Å². The number of hydrogen-bond donors (Lipinski definition) is 2. The highest BCUT2D eigenvalue weighted by Gasteiger charge is 2.08. The van der Waals surface area contributed by atoms with Gasteiger partial charge >= 0.3 is 0 Å². The van der Waals surface area contributed by atoms with Gasteiger partial charge in [0, 0.05) is 10.6 Å². The zero-order chi connectivity index (χ0) is 13.7. The molecule has 0 bridgehead atoms. The van der Waals surface area contributed by atoms with Crippen LogP contribution in [-0.4, -0.2) is 22.8 Å². The van der Waals surface area contributed by atoms with Crippen LogP contribution in [0.1, 0.15) is 6.92 Å². The fourth-order valence-electron chi connectivity index (χ4n) is 1.54. The third kappa shape index (κ3) is 3.29. The Labute approximate surface area is 116 Å². The number of ether oxygens (including phenoxy) is 1. The average molecular weight is 276 g/mol. The Morgan fingerprint density at radius 1 is 1.26 bits per heavy atom. The number of thioether (sulfide) groups is 1. The topological polar surface area (TPSA) is 73.1 Å². The summed E-state index contributed by atoms with van der Waals surface area (Å²) in [5, 5.41) is 3.16. The number of anilines is 3. The van der Waals surface area contributed by atoms with E-state index in [1.807, 2.05) is 37.4 Å². The van der Waals surface area contributed by atoms with Crippen LogP contribution < -0.4 is 15.8 Å². The van der Waals surface area contributed by atoms with Crippen molar-refractivity contribution in [2.24, 2.45) is 0 Å². The minimum Gasteiger partial charge on any atom is -0.476 e. The van der Waals surface area contributed by atoms with Gasteiger partial charge < -0.3 is 15.8 Å². The zero-order valence-electron chi connectivity index (χ0n) is 10.9. The fraction of sp³-hybridized carbons (Fsp3) is 0.231. The lowest BCUT2D eigenvalue weighted by Gasteiger charge is -2.11. The quantitative estimate of drug-likeness (QED) is 0.818. The standard InChI is InChI=1S/C13H16N4OS/c1-3-18-13-11(14)12(15-8-16-13)17-9-4-6-10(19-2)7-5-9/h4-8H,3,14H2,1-2H3,(H,15,16,17). The molecule has 0 amide bonds. The number of nitrogens with zero attached hydrogens (tertiary/aromatic N) is 2. The summed E-state index contributed by atoms with van der Waals surface area (Å²) in [5.74, 6) is 0.955. The Hall–Kier alpha value is -1.95. The van der Waals surface area contributed by atoms with Gasteiger partial charge in [0.05, 0.1) is 6.61 Å². The molecular weight excluding hydrogens is 260 g/mol. The van der Waals surface area contributed by atoms with Crippen molar-refractivity contribution in [2.75, 3.05) is 23.9 Å². The third-order valence-electron chi connectivity index (χ3n) is 2.48. The molecule has 19 heavy (non-hydrogen) atoms. The largest absolute Gasteiger partial charge is 0.476 e. The van der Waals surface area contributed by atoms with Gasteiger partial charge in [0.1, 0.15) is 12.0 Å². The predicted octanol–water partition coefficient (Wildman–Crippen LogP) is 2.92. The molecule has 2 aromatic rings. The molecule has 1 aromatic heterocycles. The Kier molecular flexibility index (Phi) is 4.46. The molecule has 0 fully saturated rings. The number of nitrogen functional groups attached to an aromatic ring is 1. The summed E-state index contributed by atoms with van der Waals surface area (Å²) in [7, 11) is 0. The molecule has 0 unspecified atom stereocenters. The summed E-state index contributed by atoms with van der Waals surface area (Å²) in [4.78, 5) is 9.33. The predicted molar refractivity (Wildman–Crippen MR) is 79.1 cm³/mol. The van der Waals surface area contributed by atoms with Gasteiger partial charge in [-0.15, -0.1) is 11.8 Å². The van der Waals surface area contributed by atoms with Crippen LogP contribution in [0.5, 0.6) is 5.88 Å². The van der Waals surface area contributed by atoms with E-state index in [-0.39, 0.29) is 0 Å². The van der Waals surface area contributed by atoms with Crippen molar-refractivity contribution in [1.29, 1.82) is 0 Å². The highest BCUT2D eigenvalue weighted by Crippen LogP contribution is 2.28. The first-order chi connectivity index (χ1) is 9.24. The van der Waals surface area contributed by atoms with Gasteiger partial charge in [-0.05, 0) is 37.4 Å². The maximum Gasteiger partial charge on any atom is 0.242 e. The zero-order valence-corrected chi connectivity index (χ0v) is 11.7. The summed E-state index contributed by atoms with van der Waals surface area (Å²) in [5.41, 5.74) is 7.29. The van der Waals surface area contributed by atoms with E-state index in [9.17, 15) is 0 Å². The number of benzene rings is 1. The molecule has 0 aliphatic heterocycles. The van der Waals surface area contributed by atoms with Crippen molar-refractivity contribution in [3.05, 3.63) is 30.6 Å². The van der Waals surface area contributed by atoms with Crippen molar-refractivity contribution in [2.45, 2.75) is 11.8 Å². The lowest BCUT2D eigenvalue weighted by molar-refractivity contribution is 0.328. The maximum absolute atomic E-state index is 5.96. The monoisotopic (exact) mass is 276 g/mol. The van der Waals surface area contributed by atoms with E-state index in [0.29, 0.717) is 24.0 Å². The Balaban J connectivity index is 2.20. The molecule has 0 radical (unpaired) electrons. The number of aromatic nitrogens is 2. The number of nitrogens with two attached hydrogens (primary N) is 1. The molecular formula is C13H16N4OS. The highest BCUT2D eigenvalue weighted by atomic mass is 32.2. The second-order valence-corrected chi connectivity index (χ2v) is 4.61. The number of rotatable bonds is 5. The van der Waals surface area contributed by atoms with E-state index in [4.69, 9.17) is 10.5 Å². The summed E-state index contributed by atoms with van der Waals surface area (Å²) in [6.07, 6.45) is 3.47. The molecule has 0 spiro atoms. The molecule has 0 saturated heterocycles. The molecule has 6 heteroatoms. The van der Waals surface area contributed by atoms with Crippen molar-refractivity contribution in [3.63, 3.8) is 0 Å². The minimum atomic E-state index is 0.403. The van der Waals surface area contributed by atoms with Crippen LogP contribution in [0.3, 0.4) is 0 Å². The van der Waals surface area contributed by atoms with Crippen LogP contribution in [-0.2, 0) is 0 Å². The van der Waals surface area contributed by atoms with E-state index in [1.54, 1.807) is 11.8 Å². The average Bonchev–Trinajstić information content (AvgIpc) is 2.44. The van der Waals surface area contributed by atoms with Gasteiger partial charge in [0.25, 0.3) is 0 Å². The summed E-state index contributed by atoms with van der Waals surface area (Å²) in [6.45, 7) is 2.40. The molecule has 0 atom stereocenters. The molecule has 0 aliphatic carbocycles. The lowest BCUT2D eigenvalue weighted by Crippen LogP contribution is -2.04. The van der Waals surface area contributed by atoms with E-state index < -0.39 is 0 Å². The van der Waals surface area contributed by atoms with Gasteiger partial charge in [0.15, 0.2) is 5.82 Å². The minimum absolute atomic E-state index is 0.403. The second kappa shape index (κ2) is 6.29. The normalized spacial score (nSPS) is 10.2. The number of hydrogen-bond acceptors (Lipinski definition) is 6. The maximum atomic E-state index is 5.96. The van der Waals surface area contributed by atoms with Crippen LogP contribution in [0.15, 0.2) is 35.5 Å². The molecule has 100 valence electrons. The van der Waals surface area contributed by atoms with Crippen LogP contribution in [0.2, 0.25) is 0 Å². The van der Waals surface area contributed by atoms with Crippen molar-refractivity contribution >= 4 is 29.0 Å². The van der Waals surface area contributed by atoms with Crippen LogP contribution in [0, 0.1) is 0 Å². The molecule has 0 saturated carbocycles. The van der Waals surface area contributed by atoms with Crippen molar-refractivity contribution < 1.29 is 4.74 Å². The Morgan fingerprint density at radius 3 is 2.63 bits per heavy atom. The molecule has 2 rings (SSSR count). The SMILES string of the molecule is CCOc1ncnc(Nc2ccc(SC)cc2)c1N. The molecule has 1 heterocycles. The summed E-state index contributed by atoms with van der Waals surface area (Å²) in [6, 6.07) is 8.03. The first kappa shape index (κ1) is 13.5. The van der Waals surface area contributed by atoms with Gasteiger partial charge in [-0.2, -0.15) is 4.98 Å². The third-order valence-corrected chi connectivity index (χ3v) is 3.22. The van der Waals surface area contributed by atoms with E-state index in [1.165, 1.54) is 11.2 Å². The van der Waals surface area contributed by atoms with E-state index >= 15 is 0 Å². The molecule has 3 N–H and O–H groups in total. The summed E-state index contributed by atoms with van der Waals surface area (Å²) >= 11 is 1.70. The molecule has 0 aliphatic rings. The van der Waals surface area contributed by atoms with Gasteiger partial charge in [0.2, 0.25) is 5.88 Å². The molecule has 1 aromatic carbocycles. The number of nitrogens with one attached hydrogen (secondary N) is 1. The Bertz CT molecular complexity index is 545. The smallest absolute Gasteiger partial charge is 0.242 e. The van der Waals surface area contributed by atoms with Crippen LogP contribution in [0.4, 0.5) is 17.2 Å². The van der Waals surface area contributed by atoms with Crippen LogP contribution in [0.25, 0.3) is 0 Å². The second-order valence-electron chi connectivity index (χ2n) is 3.73. The first-order valence-corrected chi connectivity index (χ1v) is 7.11. The van der Waals surface area contributed by atoms with E-state index in [2.05, 4.69) is 15.3 Å². The van der Waals surface area contributed by atoms with Crippen LogP contribution >= 0.6 is 11.8 Å². The highest BCUT2D eigenvalue weighted by molar-refractivity contribution is 7.98. The van der Waals surface area contributed by atoms with Gasteiger partial charge in [-0.1, -0.05) is 0 Å². The fourth-order valence-corrected chi connectivity index (χ4v) is 1.95. The summed E-state index contributed by atoms with van der Waals surface area (Å²) < 4.78 is 5.33.